The highest BCUT2D eigenvalue weighted by Gasteiger charge is 2.30. The number of nitrogens with one attached hydrogen (secondary N) is 1. The molecular formula is C25H28FN7. The Morgan fingerprint density at radius 3 is 2.82 bits per heavy atom. The van der Waals surface area contributed by atoms with Gasteiger partial charge >= 0.3 is 0 Å². The lowest BCUT2D eigenvalue weighted by molar-refractivity contribution is 0.388. The quantitative estimate of drug-likeness (QED) is 0.664. The Balaban J connectivity index is 1.33. The number of alkyl halides is 1. The van der Waals surface area contributed by atoms with Crippen LogP contribution in [0.5, 0.6) is 0 Å². The van der Waals surface area contributed by atoms with Crippen LogP contribution in [0.4, 0.5) is 16.0 Å². The first-order valence-corrected chi connectivity index (χ1v) is 11.8. The molecule has 2 fully saturated rings. The maximum absolute atomic E-state index is 14.0. The van der Waals surface area contributed by atoms with Crippen molar-refractivity contribution < 1.29 is 4.39 Å². The number of pyridine rings is 1. The predicted octanol–water partition coefficient (Wildman–Crippen LogP) is 3.39. The second-order valence-electron chi connectivity index (χ2n) is 8.92. The van der Waals surface area contributed by atoms with Gasteiger partial charge in [0.15, 0.2) is 5.65 Å². The van der Waals surface area contributed by atoms with Crippen LogP contribution in [0, 0.1) is 0 Å². The normalized spacial score (nSPS) is 23.4. The second-order valence-corrected chi connectivity index (χ2v) is 8.92. The highest BCUT2D eigenvalue weighted by molar-refractivity contribution is 5.63. The summed E-state index contributed by atoms with van der Waals surface area (Å²) < 4.78 is 15.9. The van der Waals surface area contributed by atoms with Crippen molar-refractivity contribution in [2.75, 3.05) is 42.5 Å². The molecule has 3 aromatic rings. The van der Waals surface area contributed by atoms with E-state index in [0.29, 0.717) is 6.42 Å². The highest BCUT2D eigenvalue weighted by atomic mass is 19.1. The first-order chi connectivity index (χ1) is 16.3. The van der Waals surface area contributed by atoms with Crippen LogP contribution in [0.2, 0.25) is 0 Å². The van der Waals surface area contributed by atoms with Gasteiger partial charge in [0, 0.05) is 39.1 Å². The molecule has 0 radical (unpaired) electrons. The minimum atomic E-state index is -0.892. The fraction of sp³-hybridized carbons (Fsp3) is 0.400. The monoisotopic (exact) mass is 445 g/mol. The summed E-state index contributed by atoms with van der Waals surface area (Å²) in [6.07, 6.45) is 9.08. The van der Waals surface area contributed by atoms with Gasteiger partial charge in [-0.05, 0) is 42.7 Å². The topological polar surface area (TPSA) is 61.6 Å². The number of aromatic nitrogens is 4. The van der Waals surface area contributed by atoms with Gasteiger partial charge < -0.3 is 15.1 Å². The van der Waals surface area contributed by atoms with E-state index >= 15 is 0 Å². The molecule has 0 bridgehead atoms. The molecule has 0 amide bonds. The number of halogens is 1. The summed E-state index contributed by atoms with van der Waals surface area (Å²) in [6, 6.07) is 10.4. The molecule has 6 rings (SSSR count). The lowest BCUT2D eigenvalue weighted by Gasteiger charge is -2.29. The Morgan fingerprint density at radius 1 is 1.03 bits per heavy atom. The van der Waals surface area contributed by atoms with Crippen LogP contribution < -0.4 is 15.1 Å². The van der Waals surface area contributed by atoms with Crippen LogP contribution in [-0.2, 0) is 0 Å². The van der Waals surface area contributed by atoms with Gasteiger partial charge in [-0.2, -0.15) is 0 Å². The Labute approximate surface area is 192 Å². The molecule has 1 aliphatic carbocycles. The molecule has 5 heterocycles. The van der Waals surface area contributed by atoms with E-state index in [-0.39, 0.29) is 6.04 Å². The third-order valence-corrected chi connectivity index (χ3v) is 6.82. The van der Waals surface area contributed by atoms with Crippen molar-refractivity contribution >= 4 is 17.3 Å². The maximum Gasteiger partial charge on any atom is 0.154 e. The van der Waals surface area contributed by atoms with E-state index in [1.54, 1.807) is 6.08 Å². The standard InChI is InChI=1S/C25H28FN7/c26-19-5-1-4-18(16-19)21-7-3-13-32(21)25-10-9-23-28-17-22(33(23)30-25)20-6-2-8-24(29-20)31-14-11-27-12-15-31/h1-2,4-6,8-10,17,19,21,27H,3,7,11-16H2/t19?,21-/m1/s1. The summed E-state index contributed by atoms with van der Waals surface area (Å²) in [5, 5.41) is 8.36. The van der Waals surface area contributed by atoms with Crippen LogP contribution in [0.25, 0.3) is 17.0 Å². The second kappa shape index (κ2) is 8.59. The molecule has 0 spiro atoms. The zero-order valence-corrected chi connectivity index (χ0v) is 18.6. The number of allylic oxidation sites excluding steroid dienone is 3. The van der Waals surface area contributed by atoms with E-state index < -0.39 is 6.17 Å². The van der Waals surface area contributed by atoms with Crippen molar-refractivity contribution in [1.29, 1.82) is 0 Å². The molecule has 2 atom stereocenters. The molecule has 2 saturated heterocycles. The van der Waals surface area contributed by atoms with E-state index in [9.17, 15) is 4.39 Å². The SMILES string of the molecule is FC1C=CC=C([C@H]2CCCN2c2ccc3ncc(-c4cccc(N5CCNCC5)n4)n3n2)C1. The number of piperazine rings is 1. The third kappa shape index (κ3) is 3.88. The van der Waals surface area contributed by atoms with Crippen molar-refractivity contribution in [2.24, 2.45) is 0 Å². The summed E-state index contributed by atoms with van der Waals surface area (Å²) in [6.45, 7) is 4.76. The first kappa shape index (κ1) is 20.4. The number of fused-ring (bicyclic) bond motifs is 1. The van der Waals surface area contributed by atoms with Crippen molar-refractivity contribution in [2.45, 2.75) is 31.5 Å². The van der Waals surface area contributed by atoms with Crippen LogP contribution in [0.15, 0.2) is 60.3 Å². The predicted molar refractivity (Wildman–Crippen MR) is 128 cm³/mol. The minimum Gasteiger partial charge on any atom is -0.354 e. The molecule has 1 unspecified atom stereocenters. The number of nitrogens with zero attached hydrogens (tertiary/aromatic N) is 6. The van der Waals surface area contributed by atoms with Crippen LogP contribution >= 0.6 is 0 Å². The largest absolute Gasteiger partial charge is 0.354 e. The third-order valence-electron chi connectivity index (χ3n) is 6.82. The van der Waals surface area contributed by atoms with Gasteiger partial charge in [0.2, 0.25) is 0 Å². The Kier molecular flexibility index (Phi) is 5.30. The first-order valence-electron chi connectivity index (χ1n) is 11.8. The smallest absolute Gasteiger partial charge is 0.154 e. The van der Waals surface area contributed by atoms with E-state index in [4.69, 9.17) is 10.1 Å². The molecule has 8 heteroatoms. The van der Waals surface area contributed by atoms with E-state index in [2.05, 4.69) is 38.3 Å². The molecule has 33 heavy (non-hydrogen) atoms. The van der Waals surface area contributed by atoms with Gasteiger partial charge in [0.1, 0.15) is 23.5 Å². The molecule has 1 N–H and O–H groups in total. The van der Waals surface area contributed by atoms with E-state index in [0.717, 1.165) is 79.8 Å². The Hall–Kier alpha value is -3.26. The van der Waals surface area contributed by atoms with Gasteiger partial charge in [-0.1, -0.05) is 24.3 Å². The van der Waals surface area contributed by atoms with Crippen molar-refractivity contribution in [1.82, 2.24) is 24.9 Å². The number of anilines is 2. The van der Waals surface area contributed by atoms with Crippen molar-refractivity contribution in [3.63, 3.8) is 0 Å². The average molecular weight is 446 g/mol. The zero-order chi connectivity index (χ0) is 22.2. The number of imidazole rings is 1. The van der Waals surface area contributed by atoms with Crippen molar-refractivity contribution in [3.05, 3.63) is 60.3 Å². The lowest BCUT2D eigenvalue weighted by Crippen LogP contribution is -2.43. The number of hydrogen-bond acceptors (Lipinski definition) is 6. The van der Waals surface area contributed by atoms with Crippen LogP contribution in [0.1, 0.15) is 19.3 Å². The summed E-state index contributed by atoms with van der Waals surface area (Å²) in [4.78, 5) is 14.1. The minimum absolute atomic E-state index is 0.194. The van der Waals surface area contributed by atoms with Gasteiger partial charge in [-0.15, -0.1) is 5.10 Å². The molecule has 0 saturated carbocycles. The summed E-state index contributed by atoms with van der Waals surface area (Å²) in [7, 11) is 0. The molecule has 2 aliphatic heterocycles. The number of rotatable bonds is 4. The Morgan fingerprint density at radius 2 is 1.94 bits per heavy atom. The van der Waals surface area contributed by atoms with E-state index in [1.165, 1.54) is 0 Å². The highest BCUT2D eigenvalue weighted by Crippen LogP contribution is 2.33. The van der Waals surface area contributed by atoms with Gasteiger partial charge in [0.25, 0.3) is 0 Å². The fourth-order valence-electron chi connectivity index (χ4n) is 5.16. The van der Waals surface area contributed by atoms with Crippen LogP contribution in [-0.4, -0.2) is 64.5 Å². The zero-order valence-electron chi connectivity index (χ0n) is 18.6. The molecule has 3 aliphatic rings. The maximum atomic E-state index is 14.0. The molecule has 0 aromatic carbocycles. The lowest BCUT2D eigenvalue weighted by atomic mass is 9.95. The van der Waals surface area contributed by atoms with Gasteiger partial charge in [0.05, 0.1) is 17.9 Å². The van der Waals surface area contributed by atoms with Gasteiger partial charge in [-0.25, -0.2) is 18.9 Å². The Bertz CT molecular complexity index is 1210. The summed E-state index contributed by atoms with van der Waals surface area (Å²) >= 11 is 0. The molecular weight excluding hydrogens is 417 g/mol. The molecule has 7 nitrogen and oxygen atoms in total. The molecule has 170 valence electrons. The van der Waals surface area contributed by atoms with Crippen LogP contribution in [0.3, 0.4) is 0 Å². The molecule has 3 aromatic heterocycles. The van der Waals surface area contributed by atoms with Crippen molar-refractivity contribution in [3.8, 4) is 11.4 Å². The number of hydrogen-bond donors (Lipinski definition) is 1. The average Bonchev–Trinajstić information content (AvgIpc) is 3.52. The summed E-state index contributed by atoms with van der Waals surface area (Å²) in [5.41, 5.74) is 3.69. The van der Waals surface area contributed by atoms with E-state index in [1.807, 2.05) is 35.0 Å². The van der Waals surface area contributed by atoms with Gasteiger partial charge in [-0.3, -0.25) is 0 Å². The fourth-order valence-corrected chi connectivity index (χ4v) is 5.16. The summed E-state index contributed by atoms with van der Waals surface area (Å²) in [5.74, 6) is 1.88.